The molecular formula is C15H21N5O2P+. The van der Waals surface area contributed by atoms with Crippen LogP contribution in [0.25, 0.3) is 0 Å². The van der Waals surface area contributed by atoms with E-state index in [-0.39, 0.29) is 5.57 Å². The van der Waals surface area contributed by atoms with Gasteiger partial charge in [-0.25, -0.2) is 0 Å². The lowest BCUT2D eigenvalue weighted by molar-refractivity contribution is 0.511. The minimum atomic E-state index is -2.68. The summed E-state index contributed by atoms with van der Waals surface area (Å²) in [5, 5.41) is 0. The van der Waals surface area contributed by atoms with E-state index in [0.717, 1.165) is 0 Å². The second kappa shape index (κ2) is 9.61. The van der Waals surface area contributed by atoms with Gasteiger partial charge in [-0.1, -0.05) is 24.3 Å². The first-order valence-corrected chi connectivity index (χ1v) is 8.14. The fourth-order valence-corrected chi connectivity index (χ4v) is 2.16. The molecule has 0 bridgehead atoms. The molecule has 8 heteroatoms. The first-order valence-electron chi connectivity index (χ1n) is 6.93. The Hall–Kier alpha value is -2.37. The zero-order chi connectivity index (χ0) is 17.2. The molecular weight excluding hydrogens is 313 g/mol. The summed E-state index contributed by atoms with van der Waals surface area (Å²) in [6.07, 6.45) is 6.77. The van der Waals surface area contributed by atoms with Crippen molar-refractivity contribution in [2.45, 2.75) is 0 Å². The maximum Gasteiger partial charge on any atom is 0.588 e. The third-order valence-electron chi connectivity index (χ3n) is 2.73. The maximum atomic E-state index is 11.5. The predicted molar refractivity (Wildman–Crippen MR) is 94.5 cm³/mol. The van der Waals surface area contributed by atoms with Crippen molar-refractivity contribution in [1.82, 2.24) is 15.0 Å². The summed E-state index contributed by atoms with van der Waals surface area (Å²) in [6.45, 7) is 16.7. The van der Waals surface area contributed by atoms with Crippen LogP contribution in [0.2, 0.25) is 0 Å². The van der Waals surface area contributed by atoms with Gasteiger partial charge >= 0.3 is 13.6 Å². The molecule has 0 saturated heterocycles. The van der Waals surface area contributed by atoms with Crippen molar-refractivity contribution >= 4 is 25.5 Å². The summed E-state index contributed by atoms with van der Waals surface area (Å²) in [6, 6.07) is 0. The fraction of sp³-hybridized carbons (Fsp3) is 0.267. The molecule has 1 rings (SSSR count). The molecule has 0 radical (unpaired) electrons. The highest BCUT2D eigenvalue weighted by atomic mass is 31.1. The van der Waals surface area contributed by atoms with Crippen molar-refractivity contribution in [2.24, 2.45) is 0 Å². The average molecular weight is 334 g/mol. The normalized spacial score (nSPS) is 10.6. The van der Waals surface area contributed by atoms with Gasteiger partial charge in [0.15, 0.2) is 0 Å². The van der Waals surface area contributed by atoms with E-state index in [1.807, 2.05) is 0 Å². The lowest BCUT2D eigenvalue weighted by atomic mass is 10.4. The Morgan fingerprint density at radius 3 is 1.43 bits per heavy atom. The van der Waals surface area contributed by atoms with E-state index >= 15 is 0 Å². The topological polar surface area (TPSA) is 82.5 Å². The van der Waals surface area contributed by atoms with Gasteiger partial charge in [-0.2, -0.15) is 9.88 Å². The Labute approximate surface area is 137 Å². The molecule has 0 aliphatic carbocycles. The van der Waals surface area contributed by atoms with E-state index in [4.69, 9.17) is 0 Å². The van der Waals surface area contributed by atoms with Crippen LogP contribution in [-0.2, 0) is 4.57 Å². The van der Waals surface area contributed by atoms with E-state index in [0.29, 0.717) is 38.1 Å². The number of anilines is 2. The molecule has 1 unspecified atom stereocenters. The maximum absolute atomic E-state index is 11.5. The van der Waals surface area contributed by atoms with E-state index < -0.39 is 8.03 Å². The van der Waals surface area contributed by atoms with Crippen molar-refractivity contribution in [3.8, 4) is 0 Å². The van der Waals surface area contributed by atoms with Gasteiger partial charge in [0, 0.05) is 26.2 Å². The van der Waals surface area contributed by atoms with Crippen molar-refractivity contribution in [2.75, 3.05) is 36.0 Å². The minimum Gasteiger partial charge on any atom is -0.333 e. The zero-order valence-electron chi connectivity index (χ0n) is 13.0. The third-order valence-corrected chi connectivity index (χ3v) is 3.28. The van der Waals surface area contributed by atoms with Crippen molar-refractivity contribution in [3.05, 3.63) is 50.6 Å². The van der Waals surface area contributed by atoms with Crippen molar-refractivity contribution in [3.63, 3.8) is 0 Å². The molecule has 0 aliphatic rings. The standard InChI is InChI=1S/C15H20N5O2P/c1-5-9-19(10-6-2)13-16-14(18-15(17-13)23(21)22)20(11-7-3)12-8-4/h5-8H,1-4,9-12H2/p+1. The van der Waals surface area contributed by atoms with Gasteiger partial charge in [0.1, 0.15) is 0 Å². The third kappa shape index (κ3) is 5.39. The summed E-state index contributed by atoms with van der Waals surface area (Å²) in [7, 11) is -2.68. The largest absolute Gasteiger partial charge is 0.588 e. The molecule has 1 aromatic heterocycles. The van der Waals surface area contributed by atoms with Crippen LogP contribution < -0.4 is 15.4 Å². The molecule has 0 fully saturated rings. The molecule has 122 valence electrons. The van der Waals surface area contributed by atoms with Gasteiger partial charge in [0.2, 0.25) is 11.9 Å². The number of hydrogen-bond donors (Lipinski definition) is 1. The second-order valence-corrected chi connectivity index (χ2v) is 5.42. The Morgan fingerprint density at radius 2 is 1.17 bits per heavy atom. The van der Waals surface area contributed by atoms with Crippen LogP contribution in [-0.4, -0.2) is 46.0 Å². The molecule has 1 atom stereocenters. The summed E-state index contributed by atoms with van der Waals surface area (Å²) >= 11 is 0. The van der Waals surface area contributed by atoms with E-state index in [2.05, 4.69) is 41.3 Å². The quantitative estimate of drug-likeness (QED) is 0.486. The molecule has 23 heavy (non-hydrogen) atoms. The first-order chi connectivity index (χ1) is 11.1. The molecule has 7 nitrogen and oxygen atoms in total. The summed E-state index contributed by atoms with van der Waals surface area (Å²) in [5.74, 6) is 0.584. The van der Waals surface area contributed by atoms with Crippen LogP contribution in [0.5, 0.6) is 0 Å². The van der Waals surface area contributed by atoms with Crippen molar-refractivity contribution < 1.29 is 9.46 Å². The Balaban J connectivity index is 3.36. The SMILES string of the molecule is C=CCN(CC=C)c1nc(N(CC=C)CC=C)nc([P+](=O)O)n1. The Morgan fingerprint density at radius 1 is 0.826 bits per heavy atom. The lowest BCUT2D eigenvalue weighted by Crippen LogP contribution is -2.32. The summed E-state index contributed by atoms with van der Waals surface area (Å²) in [5.41, 5.74) is -0.170. The summed E-state index contributed by atoms with van der Waals surface area (Å²) in [4.78, 5) is 25.5. The lowest BCUT2D eigenvalue weighted by Gasteiger charge is -2.22. The van der Waals surface area contributed by atoms with Crippen molar-refractivity contribution in [1.29, 1.82) is 0 Å². The van der Waals surface area contributed by atoms with Gasteiger partial charge in [-0.3, -0.25) is 0 Å². The fourth-order valence-electron chi connectivity index (χ4n) is 1.81. The van der Waals surface area contributed by atoms with Crippen LogP contribution in [0.3, 0.4) is 0 Å². The smallest absolute Gasteiger partial charge is 0.333 e. The van der Waals surface area contributed by atoms with Crippen LogP contribution >= 0.6 is 8.03 Å². The van der Waals surface area contributed by atoms with Crippen LogP contribution in [0.1, 0.15) is 0 Å². The zero-order valence-corrected chi connectivity index (χ0v) is 13.9. The molecule has 1 heterocycles. The highest BCUT2D eigenvalue weighted by Crippen LogP contribution is 2.17. The van der Waals surface area contributed by atoms with Crippen LogP contribution in [0, 0.1) is 0 Å². The highest BCUT2D eigenvalue weighted by Gasteiger charge is 2.26. The number of rotatable bonds is 11. The average Bonchev–Trinajstić information content (AvgIpc) is 2.54. The first kappa shape index (κ1) is 18.7. The summed E-state index contributed by atoms with van der Waals surface area (Å²) < 4.78 is 11.5. The van der Waals surface area contributed by atoms with E-state index in [9.17, 15) is 9.46 Å². The molecule has 0 amide bonds. The molecule has 0 spiro atoms. The Kier molecular flexibility index (Phi) is 7.80. The van der Waals surface area contributed by atoms with Crippen LogP contribution in [0.15, 0.2) is 50.6 Å². The predicted octanol–water partition coefficient (Wildman–Crippen LogP) is 1.59. The molecule has 0 aromatic carbocycles. The highest BCUT2D eigenvalue weighted by molar-refractivity contribution is 7.46. The van der Waals surface area contributed by atoms with Gasteiger partial charge < -0.3 is 9.80 Å². The minimum absolute atomic E-state index is 0.170. The van der Waals surface area contributed by atoms with Gasteiger partial charge in [-0.15, -0.1) is 36.3 Å². The van der Waals surface area contributed by atoms with Crippen LogP contribution in [0.4, 0.5) is 11.9 Å². The van der Waals surface area contributed by atoms with Gasteiger partial charge in [0.05, 0.1) is 0 Å². The Bertz CT molecular complexity index is 543. The number of aromatic nitrogens is 3. The molecule has 0 saturated carbocycles. The number of hydrogen-bond acceptors (Lipinski definition) is 6. The molecule has 1 aromatic rings. The molecule has 1 N–H and O–H groups in total. The monoisotopic (exact) mass is 334 g/mol. The second-order valence-electron chi connectivity index (χ2n) is 4.47. The number of nitrogens with zero attached hydrogens (tertiary/aromatic N) is 5. The van der Waals surface area contributed by atoms with E-state index in [1.54, 1.807) is 34.1 Å². The molecule has 0 aliphatic heterocycles. The van der Waals surface area contributed by atoms with Gasteiger partial charge in [-0.05, 0) is 4.57 Å². The van der Waals surface area contributed by atoms with E-state index in [1.165, 1.54) is 0 Å². The van der Waals surface area contributed by atoms with Gasteiger partial charge in [0.25, 0.3) is 0 Å².